The highest BCUT2D eigenvalue weighted by atomic mass is 16.5. The third kappa shape index (κ3) is 2.07. The van der Waals surface area contributed by atoms with Crippen LogP contribution >= 0.6 is 0 Å². The monoisotopic (exact) mass is 217 g/mol. The Labute approximate surface area is 97.0 Å². The van der Waals surface area contributed by atoms with Gasteiger partial charge in [-0.15, -0.1) is 0 Å². The molecule has 2 aliphatic rings. The molecule has 1 fully saturated rings. The average molecular weight is 217 g/mol. The van der Waals surface area contributed by atoms with E-state index in [2.05, 4.69) is 23.5 Å². The molecule has 16 heavy (non-hydrogen) atoms. The Morgan fingerprint density at radius 2 is 2.06 bits per heavy atom. The number of ether oxygens (including phenoxy) is 1. The van der Waals surface area contributed by atoms with Crippen LogP contribution in [0.5, 0.6) is 5.75 Å². The van der Waals surface area contributed by atoms with Gasteiger partial charge in [0.1, 0.15) is 11.9 Å². The summed E-state index contributed by atoms with van der Waals surface area (Å²) in [6.45, 7) is 2.17. The van der Waals surface area contributed by atoms with Crippen molar-refractivity contribution in [1.29, 1.82) is 0 Å². The van der Waals surface area contributed by atoms with Gasteiger partial charge < -0.3 is 10.1 Å². The SMILES string of the molecule is c1ccc2c(c1)CC(CNCC1CCC1)O2. The van der Waals surface area contributed by atoms with E-state index in [0.717, 1.165) is 24.6 Å². The van der Waals surface area contributed by atoms with Crippen molar-refractivity contribution in [2.24, 2.45) is 5.92 Å². The molecule has 0 amide bonds. The fourth-order valence-electron chi connectivity index (χ4n) is 2.51. The van der Waals surface area contributed by atoms with Crippen LogP contribution in [0.2, 0.25) is 0 Å². The van der Waals surface area contributed by atoms with Crippen LogP contribution < -0.4 is 10.1 Å². The Balaban J connectivity index is 1.45. The molecule has 2 heteroatoms. The van der Waals surface area contributed by atoms with E-state index >= 15 is 0 Å². The summed E-state index contributed by atoms with van der Waals surface area (Å²) < 4.78 is 5.88. The van der Waals surface area contributed by atoms with Gasteiger partial charge in [0, 0.05) is 13.0 Å². The minimum atomic E-state index is 0.345. The summed E-state index contributed by atoms with van der Waals surface area (Å²) in [5, 5.41) is 3.54. The summed E-state index contributed by atoms with van der Waals surface area (Å²) in [6, 6.07) is 8.37. The zero-order chi connectivity index (χ0) is 10.8. The summed E-state index contributed by atoms with van der Waals surface area (Å²) in [5.41, 5.74) is 1.36. The van der Waals surface area contributed by atoms with Crippen LogP contribution in [0.25, 0.3) is 0 Å². The lowest BCUT2D eigenvalue weighted by Gasteiger charge is -2.26. The molecule has 1 N–H and O–H groups in total. The first-order chi connectivity index (χ1) is 7.92. The molecule has 1 unspecified atom stereocenters. The van der Waals surface area contributed by atoms with Crippen LogP contribution in [0, 0.1) is 5.92 Å². The van der Waals surface area contributed by atoms with Gasteiger partial charge in [-0.05, 0) is 36.9 Å². The number of fused-ring (bicyclic) bond motifs is 1. The summed E-state index contributed by atoms with van der Waals surface area (Å²) in [6.07, 6.45) is 5.67. The number of rotatable bonds is 4. The van der Waals surface area contributed by atoms with Crippen LogP contribution in [0.4, 0.5) is 0 Å². The molecular weight excluding hydrogens is 198 g/mol. The van der Waals surface area contributed by atoms with Crippen molar-refractivity contribution in [2.45, 2.75) is 31.8 Å². The molecule has 1 aliphatic heterocycles. The van der Waals surface area contributed by atoms with Crippen LogP contribution in [0.1, 0.15) is 24.8 Å². The van der Waals surface area contributed by atoms with Gasteiger partial charge in [-0.1, -0.05) is 24.6 Å². The molecule has 1 atom stereocenters. The molecule has 1 heterocycles. The van der Waals surface area contributed by atoms with Crippen molar-refractivity contribution in [2.75, 3.05) is 13.1 Å². The molecule has 0 saturated heterocycles. The predicted molar refractivity (Wildman–Crippen MR) is 64.8 cm³/mol. The molecule has 1 aromatic rings. The van der Waals surface area contributed by atoms with Crippen molar-refractivity contribution in [3.63, 3.8) is 0 Å². The van der Waals surface area contributed by atoms with Crippen molar-refractivity contribution in [3.05, 3.63) is 29.8 Å². The summed E-state index contributed by atoms with van der Waals surface area (Å²) in [5.74, 6) is 2.02. The molecule has 1 aliphatic carbocycles. The smallest absolute Gasteiger partial charge is 0.123 e. The van der Waals surface area contributed by atoms with Crippen LogP contribution in [0.15, 0.2) is 24.3 Å². The van der Waals surface area contributed by atoms with Crippen molar-refractivity contribution >= 4 is 0 Å². The molecule has 0 radical (unpaired) electrons. The van der Waals surface area contributed by atoms with E-state index < -0.39 is 0 Å². The molecule has 0 spiro atoms. The lowest BCUT2D eigenvalue weighted by atomic mass is 9.85. The maximum atomic E-state index is 5.88. The third-order valence-electron chi connectivity index (χ3n) is 3.74. The second-order valence-electron chi connectivity index (χ2n) is 5.01. The van der Waals surface area contributed by atoms with E-state index in [0.29, 0.717) is 6.10 Å². The summed E-state index contributed by atoms with van der Waals surface area (Å²) >= 11 is 0. The molecule has 3 rings (SSSR count). The van der Waals surface area contributed by atoms with Crippen molar-refractivity contribution in [3.8, 4) is 5.75 Å². The largest absolute Gasteiger partial charge is 0.488 e. The first-order valence-corrected chi connectivity index (χ1v) is 6.37. The molecule has 0 bridgehead atoms. The topological polar surface area (TPSA) is 21.3 Å². The van der Waals surface area contributed by atoms with Gasteiger partial charge in [0.25, 0.3) is 0 Å². The predicted octanol–water partition coefficient (Wildman–Crippen LogP) is 2.38. The zero-order valence-electron chi connectivity index (χ0n) is 9.61. The highest BCUT2D eigenvalue weighted by molar-refractivity contribution is 5.37. The Bertz CT molecular complexity index is 335. The third-order valence-corrected chi connectivity index (χ3v) is 3.74. The Hall–Kier alpha value is -1.02. The molecule has 86 valence electrons. The molecule has 1 aromatic carbocycles. The summed E-state index contributed by atoms with van der Waals surface area (Å²) in [4.78, 5) is 0. The van der Waals surface area contributed by atoms with E-state index in [1.807, 2.05) is 6.07 Å². The number of hydrogen-bond donors (Lipinski definition) is 1. The Morgan fingerprint density at radius 3 is 2.81 bits per heavy atom. The average Bonchev–Trinajstić information content (AvgIpc) is 2.64. The Kier molecular flexibility index (Phi) is 2.83. The normalized spacial score (nSPS) is 23.6. The minimum Gasteiger partial charge on any atom is -0.488 e. The van der Waals surface area contributed by atoms with E-state index in [-0.39, 0.29) is 0 Å². The second kappa shape index (κ2) is 4.46. The first kappa shape index (κ1) is 10.2. The van der Waals surface area contributed by atoms with Gasteiger partial charge in [0.05, 0.1) is 0 Å². The van der Waals surface area contributed by atoms with Crippen molar-refractivity contribution < 1.29 is 4.74 Å². The zero-order valence-corrected chi connectivity index (χ0v) is 9.61. The highest BCUT2D eigenvalue weighted by Crippen LogP contribution is 2.28. The van der Waals surface area contributed by atoms with Gasteiger partial charge in [-0.3, -0.25) is 0 Å². The van der Waals surface area contributed by atoms with E-state index in [1.54, 1.807) is 0 Å². The standard InChI is InChI=1S/C14H19NO/c1-2-7-14-12(6-1)8-13(16-14)10-15-9-11-4-3-5-11/h1-2,6-7,11,13,15H,3-5,8-10H2. The van der Waals surface area contributed by atoms with Crippen LogP contribution in [-0.2, 0) is 6.42 Å². The van der Waals surface area contributed by atoms with Crippen LogP contribution in [0.3, 0.4) is 0 Å². The number of nitrogens with one attached hydrogen (secondary N) is 1. The molecule has 2 nitrogen and oxygen atoms in total. The highest BCUT2D eigenvalue weighted by Gasteiger charge is 2.23. The Morgan fingerprint density at radius 1 is 1.19 bits per heavy atom. The fourth-order valence-corrected chi connectivity index (χ4v) is 2.51. The maximum Gasteiger partial charge on any atom is 0.123 e. The van der Waals surface area contributed by atoms with E-state index in [9.17, 15) is 0 Å². The second-order valence-corrected chi connectivity index (χ2v) is 5.01. The minimum absolute atomic E-state index is 0.345. The molecular formula is C14H19NO. The quantitative estimate of drug-likeness (QED) is 0.836. The molecule has 0 aromatic heterocycles. The maximum absolute atomic E-state index is 5.88. The lowest BCUT2D eigenvalue weighted by Crippen LogP contribution is -2.35. The van der Waals surface area contributed by atoms with Gasteiger partial charge in [-0.2, -0.15) is 0 Å². The lowest BCUT2D eigenvalue weighted by molar-refractivity contribution is 0.216. The van der Waals surface area contributed by atoms with Crippen LogP contribution in [-0.4, -0.2) is 19.2 Å². The number of hydrogen-bond acceptors (Lipinski definition) is 2. The summed E-state index contributed by atoms with van der Waals surface area (Å²) in [7, 11) is 0. The fraction of sp³-hybridized carbons (Fsp3) is 0.571. The number of benzene rings is 1. The first-order valence-electron chi connectivity index (χ1n) is 6.37. The van der Waals surface area contributed by atoms with Gasteiger partial charge in [0.15, 0.2) is 0 Å². The molecule has 1 saturated carbocycles. The van der Waals surface area contributed by atoms with Crippen molar-refractivity contribution in [1.82, 2.24) is 5.32 Å². The van der Waals surface area contributed by atoms with Gasteiger partial charge in [-0.25, -0.2) is 0 Å². The van der Waals surface area contributed by atoms with Gasteiger partial charge in [0.2, 0.25) is 0 Å². The number of para-hydroxylation sites is 1. The van der Waals surface area contributed by atoms with E-state index in [4.69, 9.17) is 4.74 Å². The van der Waals surface area contributed by atoms with Gasteiger partial charge >= 0.3 is 0 Å². The van der Waals surface area contributed by atoms with E-state index in [1.165, 1.54) is 31.4 Å².